The van der Waals surface area contributed by atoms with E-state index in [4.69, 9.17) is 28.0 Å². The summed E-state index contributed by atoms with van der Waals surface area (Å²) in [5.74, 6) is -0.846. The van der Waals surface area contributed by atoms with Crippen molar-refractivity contribution in [2.75, 3.05) is 31.5 Å². The monoisotopic (exact) mass is 511 g/mol. The highest BCUT2D eigenvalue weighted by Crippen LogP contribution is 2.37. The molecule has 0 radical (unpaired) electrons. The van der Waals surface area contributed by atoms with Crippen molar-refractivity contribution in [3.05, 3.63) is 65.0 Å². The SMILES string of the molecule is C=C(Cl)/C=C\C=C(/F)C1C(C(=O)Nc2cccc(Cl)c2)N(CC(C)C)C[C@H]1CNCCC.C=O. The molecule has 3 atom stereocenters. The summed E-state index contributed by atoms with van der Waals surface area (Å²) >= 11 is 11.8. The van der Waals surface area contributed by atoms with Crippen molar-refractivity contribution in [1.82, 2.24) is 10.2 Å². The highest BCUT2D eigenvalue weighted by Gasteiger charge is 2.47. The van der Waals surface area contributed by atoms with Crippen LogP contribution in [-0.4, -0.2) is 49.8 Å². The number of rotatable bonds is 11. The second-order valence-electron chi connectivity index (χ2n) is 8.64. The van der Waals surface area contributed by atoms with Crippen LogP contribution in [0.3, 0.4) is 0 Å². The average molecular weight is 512 g/mol. The minimum Gasteiger partial charge on any atom is -0.325 e. The first-order valence-electron chi connectivity index (χ1n) is 11.4. The molecular formula is C26H36Cl2FN3O2. The Labute approximate surface area is 213 Å². The molecule has 188 valence electrons. The normalized spacial score (nSPS) is 20.9. The van der Waals surface area contributed by atoms with Crippen molar-refractivity contribution in [2.24, 2.45) is 17.8 Å². The molecule has 1 amide bonds. The fraction of sp³-hybridized carbons (Fsp3) is 0.462. The van der Waals surface area contributed by atoms with Crippen LogP contribution in [0.25, 0.3) is 0 Å². The molecule has 2 unspecified atom stereocenters. The van der Waals surface area contributed by atoms with Crippen molar-refractivity contribution >= 4 is 41.6 Å². The van der Waals surface area contributed by atoms with Gasteiger partial charge < -0.3 is 15.4 Å². The minimum atomic E-state index is -0.631. The van der Waals surface area contributed by atoms with E-state index in [2.05, 4.69) is 42.9 Å². The summed E-state index contributed by atoms with van der Waals surface area (Å²) in [5.41, 5.74) is 0.598. The van der Waals surface area contributed by atoms with Gasteiger partial charge in [0.1, 0.15) is 12.6 Å². The molecule has 0 saturated carbocycles. The molecule has 1 saturated heterocycles. The predicted molar refractivity (Wildman–Crippen MR) is 141 cm³/mol. The quantitative estimate of drug-likeness (QED) is 0.290. The van der Waals surface area contributed by atoms with E-state index in [9.17, 15) is 4.79 Å². The Morgan fingerprint density at radius 1 is 1.35 bits per heavy atom. The van der Waals surface area contributed by atoms with E-state index >= 15 is 4.39 Å². The Morgan fingerprint density at radius 3 is 2.65 bits per heavy atom. The largest absolute Gasteiger partial charge is 0.325 e. The first kappa shape index (κ1) is 30.0. The van der Waals surface area contributed by atoms with Crippen LogP contribution in [0.5, 0.6) is 0 Å². The van der Waals surface area contributed by atoms with Gasteiger partial charge in [0.2, 0.25) is 5.91 Å². The number of likely N-dealkylation sites (tertiary alicyclic amines) is 1. The van der Waals surface area contributed by atoms with E-state index in [1.165, 1.54) is 18.2 Å². The molecule has 1 aromatic carbocycles. The molecule has 0 bridgehead atoms. The number of allylic oxidation sites excluding steroid dienone is 4. The zero-order valence-electron chi connectivity index (χ0n) is 20.2. The van der Waals surface area contributed by atoms with Crippen LogP contribution in [-0.2, 0) is 9.59 Å². The third kappa shape index (κ3) is 9.71. The molecule has 5 nitrogen and oxygen atoms in total. The second-order valence-corrected chi connectivity index (χ2v) is 9.56. The van der Waals surface area contributed by atoms with Gasteiger partial charge in [0.15, 0.2) is 0 Å². The Kier molecular flexibility index (Phi) is 14.0. The van der Waals surface area contributed by atoms with Crippen molar-refractivity contribution in [2.45, 2.75) is 33.2 Å². The van der Waals surface area contributed by atoms with E-state index in [1.54, 1.807) is 24.3 Å². The van der Waals surface area contributed by atoms with Crippen LogP contribution in [0.4, 0.5) is 10.1 Å². The molecule has 1 aliphatic rings. The number of carbonyl (C=O) groups excluding carboxylic acids is 2. The Balaban J connectivity index is 0.00000281. The average Bonchev–Trinajstić information content (AvgIpc) is 3.12. The van der Waals surface area contributed by atoms with Gasteiger partial charge in [-0.2, -0.15) is 0 Å². The Hall–Kier alpha value is -1.99. The Morgan fingerprint density at radius 2 is 2.06 bits per heavy atom. The number of carbonyl (C=O) groups is 2. The smallest absolute Gasteiger partial charge is 0.242 e. The molecule has 34 heavy (non-hydrogen) atoms. The van der Waals surface area contributed by atoms with E-state index in [-0.39, 0.29) is 17.7 Å². The van der Waals surface area contributed by atoms with E-state index in [0.29, 0.717) is 41.3 Å². The number of hydrogen-bond acceptors (Lipinski definition) is 4. The summed E-state index contributed by atoms with van der Waals surface area (Å²) in [7, 11) is 0. The number of halogens is 3. The van der Waals surface area contributed by atoms with Crippen LogP contribution < -0.4 is 10.6 Å². The van der Waals surface area contributed by atoms with Crippen molar-refractivity contribution in [3.8, 4) is 0 Å². The summed E-state index contributed by atoms with van der Waals surface area (Å²) in [4.78, 5) is 23.5. The molecule has 0 spiro atoms. The molecule has 2 rings (SSSR count). The summed E-state index contributed by atoms with van der Waals surface area (Å²) in [6.45, 7) is 14.7. The van der Waals surface area contributed by atoms with Crippen LogP contribution in [0.15, 0.2) is 59.9 Å². The molecule has 0 aromatic heterocycles. The van der Waals surface area contributed by atoms with Gasteiger partial charge in [0, 0.05) is 34.7 Å². The van der Waals surface area contributed by atoms with Crippen LogP contribution in [0.2, 0.25) is 5.02 Å². The molecule has 1 fully saturated rings. The topological polar surface area (TPSA) is 61.4 Å². The maximum Gasteiger partial charge on any atom is 0.242 e. The van der Waals surface area contributed by atoms with Gasteiger partial charge in [-0.3, -0.25) is 9.69 Å². The fourth-order valence-corrected chi connectivity index (χ4v) is 4.43. The first-order chi connectivity index (χ1) is 16.2. The number of nitrogens with zero attached hydrogens (tertiary/aromatic N) is 1. The van der Waals surface area contributed by atoms with Crippen molar-refractivity contribution in [3.63, 3.8) is 0 Å². The summed E-state index contributed by atoms with van der Waals surface area (Å²) in [6.07, 6.45) is 5.46. The zero-order chi connectivity index (χ0) is 25.7. The fourth-order valence-electron chi connectivity index (χ4n) is 4.17. The third-order valence-corrected chi connectivity index (χ3v) is 5.72. The number of anilines is 1. The lowest BCUT2D eigenvalue weighted by molar-refractivity contribution is -0.121. The number of benzene rings is 1. The molecule has 2 N–H and O–H groups in total. The molecule has 1 aliphatic heterocycles. The lowest BCUT2D eigenvalue weighted by Gasteiger charge is -2.28. The molecule has 8 heteroatoms. The molecular weight excluding hydrogens is 476 g/mol. The molecule has 0 aliphatic carbocycles. The number of amides is 1. The van der Waals surface area contributed by atoms with Gasteiger partial charge in [0.25, 0.3) is 0 Å². The van der Waals surface area contributed by atoms with Gasteiger partial charge in [-0.15, -0.1) is 0 Å². The lowest BCUT2D eigenvalue weighted by Crippen LogP contribution is -2.44. The molecule has 1 aromatic rings. The standard InChI is InChI=1S/C25H34Cl2FN3O.CH2O/c1-5-12-29-14-19-16-31(15-17(2)3)24(23(19)22(28)11-6-8-18(4)26)25(32)30-21-10-7-9-20(27)13-21;1-2/h6-11,13,17,19,23-24,29H,4-5,12,14-16H2,1-3H3,(H,30,32);1H2/b8-6-,22-11-;/t19-,23?,24?;/m1./s1. The van der Waals surface area contributed by atoms with Gasteiger partial charge in [-0.1, -0.05) is 62.7 Å². The summed E-state index contributed by atoms with van der Waals surface area (Å²) in [5, 5.41) is 7.20. The second kappa shape index (κ2) is 15.8. The maximum absolute atomic E-state index is 15.5. The highest BCUT2D eigenvalue weighted by molar-refractivity contribution is 6.31. The Bertz CT molecular complexity index is 860. The lowest BCUT2D eigenvalue weighted by atomic mass is 9.88. The van der Waals surface area contributed by atoms with Gasteiger partial charge in [-0.25, -0.2) is 4.39 Å². The van der Waals surface area contributed by atoms with Crippen LogP contribution >= 0.6 is 23.2 Å². The minimum absolute atomic E-state index is 0.0423. The third-order valence-electron chi connectivity index (χ3n) is 5.36. The maximum atomic E-state index is 15.5. The van der Waals surface area contributed by atoms with Crippen LogP contribution in [0, 0.1) is 17.8 Å². The first-order valence-corrected chi connectivity index (χ1v) is 12.2. The van der Waals surface area contributed by atoms with Gasteiger partial charge >= 0.3 is 0 Å². The van der Waals surface area contributed by atoms with Crippen molar-refractivity contribution in [1.29, 1.82) is 0 Å². The number of nitrogens with one attached hydrogen (secondary N) is 2. The number of hydrogen-bond donors (Lipinski definition) is 2. The predicted octanol–water partition coefficient (Wildman–Crippen LogP) is 5.83. The summed E-state index contributed by atoms with van der Waals surface area (Å²) < 4.78 is 15.5. The zero-order valence-corrected chi connectivity index (χ0v) is 21.7. The van der Waals surface area contributed by atoms with Crippen LogP contribution in [0.1, 0.15) is 27.2 Å². The van der Waals surface area contributed by atoms with E-state index < -0.39 is 12.0 Å². The van der Waals surface area contributed by atoms with Crippen molar-refractivity contribution < 1.29 is 14.0 Å². The highest BCUT2D eigenvalue weighted by atomic mass is 35.5. The van der Waals surface area contributed by atoms with E-state index in [1.807, 2.05) is 6.79 Å². The van der Waals surface area contributed by atoms with E-state index in [0.717, 1.165) is 13.0 Å². The van der Waals surface area contributed by atoms with Gasteiger partial charge in [-0.05, 0) is 61.7 Å². The summed E-state index contributed by atoms with van der Waals surface area (Å²) in [6, 6.07) is 6.36. The van der Waals surface area contributed by atoms with Gasteiger partial charge in [0.05, 0.1) is 6.04 Å². The molecule has 1 heterocycles.